The lowest BCUT2D eigenvalue weighted by atomic mass is 9.65. The monoisotopic (exact) mass is 386 g/mol. The Kier molecular flexibility index (Phi) is 7.56. The van der Waals surface area contributed by atoms with Gasteiger partial charge in [0.15, 0.2) is 0 Å². The van der Waals surface area contributed by atoms with E-state index < -0.39 is 6.10 Å². The fraction of sp³-hybridized carbons (Fsp3) is 0.625. The van der Waals surface area contributed by atoms with Crippen molar-refractivity contribution in [1.29, 1.82) is 0 Å². The molecule has 2 aliphatic carbocycles. The molecule has 4 nitrogen and oxygen atoms in total. The van der Waals surface area contributed by atoms with Crippen molar-refractivity contribution < 1.29 is 19.1 Å². The molecular weight excluding hydrogens is 352 g/mol. The Morgan fingerprint density at radius 1 is 1.29 bits per heavy atom. The van der Waals surface area contributed by atoms with Crippen LogP contribution in [0.15, 0.2) is 35.5 Å². The van der Waals surface area contributed by atoms with Crippen molar-refractivity contribution in [1.82, 2.24) is 0 Å². The van der Waals surface area contributed by atoms with Crippen LogP contribution in [0.4, 0.5) is 0 Å². The molecule has 2 bridgehead atoms. The standard InChI is InChI=1S/C24H34O4/c1-14(2)8-7-9-15(3)22-21(17(5)26)12-16(4)20-11-10-19(13-25)23(22)24(20)28-18(6)27/h8,10,13,15,20-24H,4,7,9,11-12H2,1-3,5-6H3. The zero-order valence-corrected chi connectivity index (χ0v) is 17.9. The predicted octanol–water partition coefficient (Wildman–Crippen LogP) is 4.84. The van der Waals surface area contributed by atoms with Crippen LogP contribution in [0.1, 0.15) is 60.3 Å². The zero-order valence-electron chi connectivity index (χ0n) is 17.9. The Morgan fingerprint density at radius 2 is 1.96 bits per heavy atom. The molecule has 0 aromatic rings. The van der Waals surface area contributed by atoms with Crippen molar-refractivity contribution in [2.75, 3.05) is 0 Å². The smallest absolute Gasteiger partial charge is 0.302 e. The number of carbonyl (C=O) groups excluding carboxylic acids is 3. The van der Waals surface area contributed by atoms with E-state index in [1.165, 1.54) is 12.5 Å². The molecule has 1 saturated carbocycles. The molecule has 0 aromatic heterocycles. The number of rotatable bonds is 7. The number of allylic oxidation sites excluding steroid dienone is 3. The van der Waals surface area contributed by atoms with Gasteiger partial charge in [-0.15, -0.1) is 0 Å². The molecule has 0 spiro atoms. The minimum atomic E-state index is -0.421. The Labute approximate surface area is 169 Å². The number of Topliss-reactive ketones (excluding diaryl/α,β-unsaturated/α-hetero) is 1. The van der Waals surface area contributed by atoms with Gasteiger partial charge in [0, 0.05) is 24.7 Å². The van der Waals surface area contributed by atoms with Gasteiger partial charge in [0.2, 0.25) is 0 Å². The van der Waals surface area contributed by atoms with Gasteiger partial charge in [0.25, 0.3) is 0 Å². The first-order chi connectivity index (χ1) is 13.2. The largest absolute Gasteiger partial charge is 0.461 e. The van der Waals surface area contributed by atoms with Crippen LogP contribution in [0, 0.1) is 29.6 Å². The Hall–Kier alpha value is -1.97. The first-order valence-corrected chi connectivity index (χ1v) is 10.3. The van der Waals surface area contributed by atoms with E-state index in [0.717, 1.165) is 24.7 Å². The predicted molar refractivity (Wildman–Crippen MR) is 111 cm³/mol. The van der Waals surface area contributed by atoms with Crippen LogP contribution in [0.2, 0.25) is 0 Å². The molecule has 0 amide bonds. The van der Waals surface area contributed by atoms with Gasteiger partial charge < -0.3 is 4.74 Å². The maximum atomic E-state index is 12.6. The molecule has 4 heteroatoms. The number of carbonyl (C=O) groups is 3. The minimum absolute atomic E-state index is 0.0329. The zero-order chi connectivity index (χ0) is 21.0. The molecule has 28 heavy (non-hydrogen) atoms. The molecule has 0 aromatic carbocycles. The topological polar surface area (TPSA) is 60.4 Å². The lowest BCUT2D eigenvalue weighted by molar-refractivity contribution is -0.153. The van der Waals surface area contributed by atoms with E-state index in [-0.39, 0.29) is 41.3 Å². The van der Waals surface area contributed by atoms with E-state index in [1.807, 2.05) is 6.08 Å². The van der Waals surface area contributed by atoms with Gasteiger partial charge in [-0.1, -0.05) is 36.8 Å². The second-order valence-electron chi connectivity index (χ2n) is 8.76. The Balaban J connectivity index is 2.51. The van der Waals surface area contributed by atoms with E-state index in [9.17, 15) is 14.4 Å². The highest BCUT2D eigenvalue weighted by Crippen LogP contribution is 2.50. The third-order valence-corrected chi connectivity index (χ3v) is 6.42. The number of ketones is 1. The average Bonchev–Trinajstić information content (AvgIpc) is 2.67. The highest BCUT2D eigenvalue weighted by molar-refractivity contribution is 5.80. The summed E-state index contributed by atoms with van der Waals surface area (Å²) in [5.41, 5.74) is 2.90. The molecule has 1 fully saturated rings. The first-order valence-electron chi connectivity index (χ1n) is 10.3. The van der Waals surface area contributed by atoms with Gasteiger partial charge in [-0.25, -0.2) is 0 Å². The molecule has 2 aliphatic rings. The van der Waals surface area contributed by atoms with Crippen LogP contribution in [-0.2, 0) is 19.1 Å². The third-order valence-electron chi connectivity index (χ3n) is 6.42. The fourth-order valence-electron chi connectivity index (χ4n) is 5.10. The molecule has 0 heterocycles. The molecule has 6 unspecified atom stereocenters. The van der Waals surface area contributed by atoms with E-state index >= 15 is 0 Å². The van der Waals surface area contributed by atoms with E-state index in [1.54, 1.807) is 6.92 Å². The van der Waals surface area contributed by atoms with E-state index in [0.29, 0.717) is 18.4 Å². The number of fused-ring (bicyclic) bond motifs is 2. The van der Waals surface area contributed by atoms with Crippen molar-refractivity contribution in [3.63, 3.8) is 0 Å². The molecule has 0 N–H and O–H groups in total. The number of hydrogen-bond acceptors (Lipinski definition) is 4. The fourth-order valence-corrected chi connectivity index (χ4v) is 5.10. The van der Waals surface area contributed by atoms with Crippen molar-refractivity contribution in [2.24, 2.45) is 29.6 Å². The molecule has 0 saturated heterocycles. The summed E-state index contributed by atoms with van der Waals surface area (Å²) in [5, 5.41) is 0. The Morgan fingerprint density at radius 3 is 2.50 bits per heavy atom. The van der Waals surface area contributed by atoms with E-state index in [2.05, 4.69) is 33.4 Å². The average molecular weight is 387 g/mol. The molecule has 154 valence electrons. The van der Waals surface area contributed by atoms with Crippen LogP contribution in [0.3, 0.4) is 0 Å². The SMILES string of the molecule is C=C1CC(C(C)=O)C(C(C)CCC=C(C)C)C2C(C=O)=CCC1C2OC(C)=O. The lowest BCUT2D eigenvalue weighted by Crippen LogP contribution is -2.44. The molecule has 6 atom stereocenters. The summed E-state index contributed by atoms with van der Waals surface area (Å²) >= 11 is 0. The van der Waals surface area contributed by atoms with Crippen molar-refractivity contribution in [3.8, 4) is 0 Å². The van der Waals surface area contributed by atoms with Gasteiger partial charge in [0.05, 0.1) is 0 Å². The number of ether oxygens (including phenoxy) is 1. The summed E-state index contributed by atoms with van der Waals surface area (Å²) in [6.07, 6.45) is 7.72. The summed E-state index contributed by atoms with van der Waals surface area (Å²) in [6, 6.07) is 0. The summed E-state index contributed by atoms with van der Waals surface area (Å²) in [4.78, 5) is 36.4. The van der Waals surface area contributed by atoms with Gasteiger partial charge >= 0.3 is 5.97 Å². The lowest BCUT2D eigenvalue weighted by Gasteiger charge is -2.41. The normalized spacial score (nSPS) is 30.5. The van der Waals surface area contributed by atoms with E-state index in [4.69, 9.17) is 4.74 Å². The van der Waals surface area contributed by atoms with Gasteiger partial charge in [-0.2, -0.15) is 0 Å². The molecule has 0 aliphatic heterocycles. The third kappa shape index (κ3) is 4.89. The van der Waals surface area contributed by atoms with Gasteiger partial charge in [-0.05, 0) is 63.9 Å². The van der Waals surface area contributed by atoms with Crippen molar-refractivity contribution in [3.05, 3.63) is 35.5 Å². The summed E-state index contributed by atoms with van der Waals surface area (Å²) < 4.78 is 5.77. The van der Waals surface area contributed by atoms with Crippen LogP contribution < -0.4 is 0 Å². The highest BCUT2D eigenvalue weighted by Gasteiger charge is 2.50. The maximum Gasteiger partial charge on any atom is 0.302 e. The van der Waals surface area contributed by atoms with Gasteiger partial charge in [-0.3, -0.25) is 14.4 Å². The Bertz CT molecular complexity index is 695. The molecule has 0 radical (unpaired) electrons. The number of esters is 1. The van der Waals surface area contributed by atoms with Crippen LogP contribution in [-0.4, -0.2) is 24.1 Å². The van der Waals surface area contributed by atoms with Crippen LogP contribution in [0.25, 0.3) is 0 Å². The van der Waals surface area contributed by atoms with Gasteiger partial charge in [0.1, 0.15) is 18.2 Å². The molecular formula is C24H34O4. The highest BCUT2D eigenvalue weighted by atomic mass is 16.5. The maximum absolute atomic E-state index is 12.6. The van der Waals surface area contributed by atoms with Crippen LogP contribution in [0.5, 0.6) is 0 Å². The quantitative estimate of drug-likeness (QED) is 0.357. The summed E-state index contributed by atoms with van der Waals surface area (Å²) in [7, 11) is 0. The van der Waals surface area contributed by atoms with Crippen LogP contribution >= 0.6 is 0 Å². The van der Waals surface area contributed by atoms with Crippen molar-refractivity contribution >= 4 is 18.0 Å². The van der Waals surface area contributed by atoms with Crippen molar-refractivity contribution in [2.45, 2.75) is 66.4 Å². The number of aldehydes is 1. The number of hydrogen-bond donors (Lipinski definition) is 0. The first kappa shape index (κ1) is 22.3. The summed E-state index contributed by atoms with van der Waals surface area (Å²) in [6.45, 7) is 13.6. The minimum Gasteiger partial charge on any atom is -0.461 e. The molecule has 2 rings (SSSR count). The second kappa shape index (κ2) is 9.49. The second-order valence-corrected chi connectivity index (χ2v) is 8.76. The summed E-state index contributed by atoms with van der Waals surface area (Å²) in [5.74, 6) is -0.559.